The molecule has 1 N–H and O–H groups in total. The lowest BCUT2D eigenvalue weighted by atomic mass is 10.2. The van der Waals surface area contributed by atoms with Crippen LogP contribution in [0.1, 0.15) is 17.3 Å². The first kappa shape index (κ1) is 18.7. The molecule has 1 heterocycles. The van der Waals surface area contributed by atoms with Crippen molar-refractivity contribution in [2.45, 2.75) is 6.92 Å². The monoisotopic (exact) mass is 367 g/mol. The molecule has 1 aliphatic heterocycles. The summed E-state index contributed by atoms with van der Waals surface area (Å²) in [5.74, 6) is -2.23. The zero-order valence-electron chi connectivity index (χ0n) is 13.9. The summed E-state index contributed by atoms with van der Waals surface area (Å²) in [7, 11) is 1.24. The summed E-state index contributed by atoms with van der Waals surface area (Å²) in [6, 6.07) is 4.22. The molecule has 2 rings (SSSR count). The van der Waals surface area contributed by atoms with Crippen molar-refractivity contribution in [1.29, 1.82) is 0 Å². The standard InChI is InChI=1S/C16H18ClN3O5/c1-10(21)19-5-7-20(8-6-19)15(23)14(22)18-13-9-11(16(24)25-2)3-4-12(13)17/h3-4,9H,5-8H2,1-2H3,(H,18,22). The van der Waals surface area contributed by atoms with Gasteiger partial charge in [-0.25, -0.2) is 4.79 Å². The Bertz CT molecular complexity index is 714. The van der Waals surface area contributed by atoms with E-state index < -0.39 is 17.8 Å². The third-order valence-corrected chi connectivity index (χ3v) is 4.17. The molecular weight excluding hydrogens is 350 g/mol. The maximum Gasteiger partial charge on any atom is 0.337 e. The Hall–Kier alpha value is -2.61. The molecule has 1 fully saturated rings. The number of hydrogen-bond donors (Lipinski definition) is 1. The van der Waals surface area contributed by atoms with E-state index in [1.807, 2.05) is 0 Å². The molecule has 1 saturated heterocycles. The molecule has 1 aromatic carbocycles. The van der Waals surface area contributed by atoms with Crippen molar-refractivity contribution in [3.63, 3.8) is 0 Å². The molecule has 0 spiro atoms. The van der Waals surface area contributed by atoms with Crippen molar-refractivity contribution in [2.24, 2.45) is 0 Å². The van der Waals surface area contributed by atoms with Gasteiger partial charge in [-0.05, 0) is 18.2 Å². The Labute approximate surface area is 149 Å². The molecule has 0 saturated carbocycles. The molecule has 0 atom stereocenters. The number of methoxy groups -OCH3 is 1. The van der Waals surface area contributed by atoms with Crippen LogP contribution >= 0.6 is 11.6 Å². The minimum atomic E-state index is -0.861. The van der Waals surface area contributed by atoms with Gasteiger partial charge in [0.1, 0.15) is 0 Å². The lowest BCUT2D eigenvalue weighted by Gasteiger charge is -2.33. The average Bonchev–Trinajstić information content (AvgIpc) is 2.62. The predicted molar refractivity (Wildman–Crippen MR) is 90.3 cm³/mol. The number of ether oxygens (including phenoxy) is 1. The molecule has 0 radical (unpaired) electrons. The average molecular weight is 368 g/mol. The van der Waals surface area contributed by atoms with Gasteiger partial charge in [0, 0.05) is 33.1 Å². The lowest BCUT2D eigenvalue weighted by molar-refractivity contribution is -0.145. The van der Waals surface area contributed by atoms with E-state index in [9.17, 15) is 19.2 Å². The van der Waals surface area contributed by atoms with Gasteiger partial charge in [-0.2, -0.15) is 0 Å². The molecule has 1 aromatic rings. The summed E-state index contributed by atoms with van der Waals surface area (Å²) in [6.07, 6.45) is 0. The SMILES string of the molecule is COC(=O)c1ccc(Cl)c(NC(=O)C(=O)N2CCN(C(C)=O)CC2)c1. The molecule has 134 valence electrons. The van der Waals surface area contributed by atoms with E-state index in [0.29, 0.717) is 13.1 Å². The predicted octanol–water partition coefficient (Wildman–Crippen LogP) is 0.756. The maximum absolute atomic E-state index is 12.2. The van der Waals surface area contributed by atoms with E-state index in [4.69, 9.17) is 11.6 Å². The second kappa shape index (κ2) is 7.98. The molecular formula is C16H18ClN3O5. The first-order valence-electron chi connectivity index (χ1n) is 7.57. The summed E-state index contributed by atoms with van der Waals surface area (Å²) in [5, 5.41) is 2.60. The normalized spacial score (nSPS) is 14.0. The number of nitrogens with one attached hydrogen (secondary N) is 1. The van der Waals surface area contributed by atoms with E-state index in [1.165, 1.54) is 37.1 Å². The van der Waals surface area contributed by atoms with Crippen molar-refractivity contribution in [3.8, 4) is 0 Å². The topological polar surface area (TPSA) is 96.0 Å². The minimum Gasteiger partial charge on any atom is -0.465 e. The highest BCUT2D eigenvalue weighted by Gasteiger charge is 2.27. The van der Waals surface area contributed by atoms with E-state index in [2.05, 4.69) is 10.1 Å². The van der Waals surface area contributed by atoms with Crippen LogP contribution in [0, 0.1) is 0 Å². The highest BCUT2D eigenvalue weighted by molar-refractivity contribution is 6.41. The number of anilines is 1. The number of esters is 1. The Morgan fingerprint density at radius 1 is 1.08 bits per heavy atom. The third-order valence-electron chi connectivity index (χ3n) is 3.84. The number of halogens is 1. The van der Waals surface area contributed by atoms with Gasteiger partial charge in [-0.1, -0.05) is 11.6 Å². The molecule has 0 aliphatic carbocycles. The zero-order valence-corrected chi connectivity index (χ0v) is 14.6. The van der Waals surface area contributed by atoms with Crippen molar-refractivity contribution in [2.75, 3.05) is 38.6 Å². The third kappa shape index (κ3) is 4.48. The van der Waals surface area contributed by atoms with Crippen molar-refractivity contribution in [3.05, 3.63) is 28.8 Å². The van der Waals surface area contributed by atoms with Crippen LogP contribution in [0.25, 0.3) is 0 Å². The van der Waals surface area contributed by atoms with Crippen LogP contribution in [0.15, 0.2) is 18.2 Å². The van der Waals surface area contributed by atoms with Gasteiger partial charge < -0.3 is 19.9 Å². The van der Waals surface area contributed by atoms with Crippen LogP contribution in [0.3, 0.4) is 0 Å². The second-order valence-corrected chi connectivity index (χ2v) is 5.85. The van der Waals surface area contributed by atoms with Gasteiger partial charge in [0.05, 0.1) is 23.4 Å². The maximum atomic E-state index is 12.2. The first-order valence-corrected chi connectivity index (χ1v) is 7.95. The summed E-state index contributed by atoms with van der Waals surface area (Å²) in [4.78, 5) is 50.2. The molecule has 3 amide bonds. The van der Waals surface area contributed by atoms with Crippen molar-refractivity contribution < 1.29 is 23.9 Å². The number of amides is 3. The Balaban J connectivity index is 2.03. The van der Waals surface area contributed by atoms with Crippen LogP contribution < -0.4 is 5.32 Å². The summed E-state index contributed by atoms with van der Waals surface area (Å²) >= 11 is 6.00. The second-order valence-electron chi connectivity index (χ2n) is 5.44. The van der Waals surface area contributed by atoms with E-state index >= 15 is 0 Å². The van der Waals surface area contributed by atoms with Crippen LogP contribution in [0.2, 0.25) is 5.02 Å². The zero-order chi connectivity index (χ0) is 18.6. The fourth-order valence-electron chi connectivity index (χ4n) is 2.41. The Kier molecular flexibility index (Phi) is 5.97. The van der Waals surface area contributed by atoms with Gasteiger partial charge in [0.25, 0.3) is 0 Å². The molecule has 0 unspecified atom stereocenters. The summed E-state index contributed by atoms with van der Waals surface area (Å²) in [5.41, 5.74) is 0.343. The van der Waals surface area contributed by atoms with Gasteiger partial charge in [-0.3, -0.25) is 14.4 Å². The molecule has 0 bridgehead atoms. The molecule has 9 heteroatoms. The molecule has 8 nitrogen and oxygen atoms in total. The number of carbonyl (C=O) groups is 4. The fraction of sp³-hybridized carbons (Fsp3) is 0.375. The minimum absolute atomic E-state index is 0.0667. The largest absolute Gasteiger partial charge is 0.465 e. The quantitative estimate of drug-likeness (QED) is 0.615. The summed E-state index contributed by atoms with van der Waals surface area (Å²) in [6.45, 7) is 2.78. The smallest absolute Gasteiger partial charge is 0.337 e. The van der Waals surface area contributed by atoms with Crippen LogP contribution in [0.4, 0.5) is 5.69 Å². The molecule has 25 heavy (non-hydrogen) atoms. The fourth-order valence-corrected chi connectivity index (χ4v) is 2.57. The van der Waals surface area contributed by atoms with Gasteiger partial charge in [0.15, 0.2) is 0 Å². The highest BCUT2D eigenvalue weighted by Crippen LogP contribution is 2.23. The van der Waals surface area contributed by atoms with E-state index in [-0.39, 0.29) is 35.3 Å². The van der Waals surface area contributed by atoms with Gasteiger partial charge in [-0.15, -0.1) is 0 Å². The Morgan fingerprint density at radius 2 is 1.68 bits per heavy atom. The Morgan fingerprint density at radius 3 is 2.24 bits per heavy atom. The molecule has 1 aliphatic rings. The lowest BCUT2D eigenvalue weighted by Crippen LogP contribution is -2.52. The number of hydrogen-bond acceptors (Lipinski definition) is 5. The number of rotatable bonds is 2. The van der Waals surface area contributed by atoms with Crippen LogP contribution in [-0.2, 0) is 19.1 Å². The van der Waals surface area contributed by atoms with Crippen LogP contribution in [-0.4, -0.2) is 66.8 Å². The van der Waals surface area contributed by atoms with E-state index in [1.54, 1.807) is 4.90 Å². The van der Waals surface area contributed by atoms with Gasteiger partial charge >= 0.3 is 17.8 Å². The van der Waals surface area contributed by atoms with Gasteiger partial charge in [0.2, 0.25) is 5.91 Å². The molecule has 0 aromatic heterocycles. The first-order chi connectivity index (χ1) is 11.8. The summed E-state index contributed by atoms with van der Waals surface area (Å²) < 4.78 is 4.61. The van der Waals surface area contributed by atoms with Crippen LogP contribution in [0.5, 0.6) is 0 Å². The van der Waals surface area contributed by atoms with Crippen molar-refractivity contribution in [1.82, 2.24) is 9.80 Å². The number of piperazine rings is 1. The van der Waals surface area contributed by atoms with Crippen molar-refractivity contribution >= 4 is 41.0 Å². The van der Waals surface area contributed by atoms with E-state index in [0.717, 1.165) is 0 Å². The number of carbonyl (C=O) groups excluding carboxylic acids is 4. The number of benzene rings is 1. The number of nitrogens with zero attached hydrogens (tertiary/aromatic N) is 2. The highest BCUT2D eigenvalue weighted by atomic mass is 35.5.